The molecular formula is C20H31N3O2. The molecule has 1 atom stereocenters. The summed E-state index contributed by atoms with van der Waals surface area (Å²) in [7, 11) is 1.66. The summed E-state index contributed by atoms with van der Waals surface area (Å²) in [4.78, 5) is 17.8. The molecule has 0 saturated heterocycles. The second kappa shape index (κ2) is 10.3. The molecule has 1 aromatic heterocycles. The number of nitrogens with zero attached hydrogens (tertiary/aromatic N) is 2. The molecule has 5 nitrogen and oxygen atoms in total. The van der Waals surface area contributed by atoms with E-state index in [-0.39, 0.29) is 11.6 Å². The van der Waals surface area contributed by atoms with Crippen LogP contribution in [-0.4, -0.2) is 29.8 Å². The van der Waals surface area contributed by atoms with Crippen molar-refractivity contribution < 1.29 is 4.74 Å². The number of nitrogens with one attached hydrogen (secondary N) is 1. The molecule has 5 heteroatoms. The lowest BCUT2D eigenvalue weighted by molar-refractivity contribution is 0.184. The van der Waals surface area contributed by atoms with Gasteiger partial charge in [-0.05, 0) is 31.5 Å². The van der Waals surface area contributed by atoms with Crippen LogP contribution in [0.15, 0.2) is 29.1 Å². The minimum atomic E-state index is 0.0175. The Bertz CT molecular complexity index is 712. The highest BCUT2D eigenvalue weighted by Crippen LogP contribution is 2.17. The maximum absolute atomic E-state index is 12.9. The second-order valence-electron chi connectivity index (χ2n) is 6.41. The van der Waals surface area contributed by atoms with Crippen molar-refractivity contribution in [2.75, 3.05) is 20.3 Å². The van der Waals surface area contributed by atoms with E-state index in [0.29, 0.717) is 18.5 Å². The summed E-state index contributed by atoms with van der Waals surface area (Å²) >= 11 is 0. The molecule has 0 radical (unpaired) electrons. The van der Waals surface area contributed by atoms with Crippen LogP contribution < -0.4 is 10.9 Å². The lowest BCUT2D eigenvalue weighted by atomic mass is 10.1. The zero-order valence-electron chi connectivity index (χ0n) is 15.8. The van der Waals surface area contributed by atoms with Gasteiger partial charge in [0.2, 0.25) is 0 Å². The second-order valence-corrected chi connectivity index (χ2v) is 6.41. The molecule has 0 aliphatic carbocycles. The summed E-state index contributed by atoms with van der Waals surface area (Å²) in [5.74, 6) is 0.818. The van der Waals surface area contributed by atoms with Crippen molar-refractivity contribution in [3.05, 3.63) is 40.4 Å². The van der Waals surface area contributed by atoms with Gasteiger partial charge in [-0.15, -0.1) is 0 Å². The van der Waals surface area contributed by atoms with E-state index in [1.165, 1.54) is 19.3 Å². The smallest absolute Gasteiger partial charge is 0.261 e. The number of para-hydroxylation sites is 1. The van der Waals surface area contributed by atoms with Crippen LogP contribution in [0.1, 0.15) is 57.8 Å². The molecule has 1 N–H and O–H groups in total. The van der Waals surface area contributed by atoms with Crippen LogP contribution in [0.25, 0.3) is 10.9 Å². The summed E-state index contributed by atoms with van der Waals surface area (Å²) < 4.78 is 6.98. The van der Waals surface area contributed by atoms with Gasteiger partial charge in [0, 0.05) is 7.11 Å². The van der Waals surface area contributed by atoms with Gasteiger partial charge in [-0.3, -0.25) is 9.36 Å². The first-order valence-electron chi connectivity index (χ1n) is 9.44. The average Bonchev–Trinajstić information content (AvgIpc) is 2.64. The first-order chi connectivity index (χ1) is 12.2. The van der Waals surface area contributed by atoms with Gasteiger partial charge in [-0.2, -0.15) is 0 Å². The Balaban J connectivity index is 2.30. The Morgan fingerprint density at radius 1 is 1.20 bits per heavy atom. The zero-order valence-corrected chi connectivity index (χ0v) is 15.8. The van der Waals surface area contributed by atoms with E-state index in [2.05, 4.69) is 19.2 Å². The summed E-state index contributed by atoms with van der Waals surface area (Å²) in [5, 5.41) is 4.26. The molecule has 0 spiro atoms. The van der Waals surface area contributed by atoms with E-state index in [1.807, 2.05) is 24.3 Å². The Kier molecular flexibility index (Phi) is 8.09. The van der Waals surface area contributed by atoms with Crippen LogP contribution in [0.2, 0.25) is 0 Å². The van der Waals surface area contributed by atoms with Gasteiger partial charge in [0.05, 0.1) is 30.1 Å². The summed E-state index contributed by atoms with van der Waals surface area (Å²) in [6, 6.07) is 7.65. The Hall–Kier alpha value is -1.72. The Morgan fingerprint density at radius 2 is 2.00 bits per heavy atom. The number of hydrogen-bond acceptors (Lipinski definition) is 4. The van der Waals surface area contributed by atoms with Crippen LogP contribution >= 0.6 is 0 Å². The lowest BCUT2D eigenvalue weighted by Gasteiger charge is -2.21. The molecule has 0 bridgehead atoms. The van der Waals surface area contributed by atoms with E-state index >= 15 is 0 Å². The largest absolute Gasteiger partial charge is 0.383 e. The highest BCUT2D eigenvalue weighted by atomic mass is 16.5. The molecule has 0 aliphatic rings. The molecule has 2 rings (SSSR count). The van der Waals surface area contributed by atoms with E-state index in [4.69, 9.17) is 9.72 Å². The topological polar surface area (TPSA) is 56.2 Å². The molecule has 25 heavy (non-hydrogen) atoms. The molecule has 0 aliphatic heterocycles. The van der Waals surface area contributed by atoms with Gasteiger partial charge in [0.15, 0.2) is 0 Å². The fraction of sp³-hybridized carbons (Fsp3) is 0.600. The number of benzene rings is 1. The van der Waals surface area contributed by atoms with E-state index in [1.54, 1.807) is 11.7 Å². The van der Waals surface area contributed by atoms with Gasteiger partial charge in [-0.1, -0.05) is 45.2 Å². The normalized spacial score (nSPS) is 12.6. The van der Waals surface area contributed by atoms with Crippen LogP contribution in [0.5, 0.6) is 0 Å². The van der Waals surface area contributed by atoms with Crippen molar-refractivity contribution >= 4 is 10.9 Å². The summed E-state index contributed by atoms with van der Waals surface area (Å²) in [6.07, 6.45) is 5.79. The summed E-state index contributed by atoms with van der Waals surface area (Å²) in [5.41, 5.74) is 0.784. The Labute approximate surface area is 150 Å². The number of unbranched alkanes of at least 4 members (excludes halogenated alkanes) is 3. The third kappa shape index (κ3) is 5.13. The number of rotatable bonds is 11. The number of ether oxygens (including phenoxy) is 1. The predicted molar refractivity (Wildman–Crippen MR) is 103 cm³/mol. The highest BCUT2D eigenvalue weighted by Gasteiger charge is 2.18. The number of aromatic nitrogens is 2. The van der Waals surface area contributed by atoms with Crippen molar-refractivity contribution in [3.8, 4) is 0 Å². The zero-order chi connectivity index (χ0) is 18.1. The van der Waals surface area contributed by atoms with Crippen LogP contribution in [-0.2, 0) is 11.3 Å². The van der Waals surface area contributed by atoms with E-state index in [9.17, 15) is 4.79 Å². The number of hydrogen-bond donors (Lipinski definition) is 1. The summed E-state index contributed by atoms with van der Waals surface area (Å²) in [6.45, 7) is 6.32. The van der Waals surface area contributed by atoms with Crippen molar-refractivity contribution in [1.82, 2.24) is 14.9 Å². The SMILES string of the molecule is CCCCCCN[C@@H](CC)c1nc2ccccc2c(=O)n1CCOC. The highest BCUT2D eigenvalue weighted by molar-refractivity contribution is 5.77. The molecule has 0 unspecified atom stereocenters. The van der Waals surface area contributed by atoms with Crippen molar-refractivity contribution in [2.45, 2.75) is 58.5 Å². The fourth-order valence-electron chi connectivity index (χ4n) is 3.10. The molecule has 0 fully saturated rings. The van der Waals surface area contributed by atoms with Crippen LogP contribution in [0, 0.1) is 0 Å². The number of fused-ring (bicyclic) bond motifs is 1. The first-order valence-corrected chi connectivity index (χ1v) is 9.44. The maximum atomic E-state index is 12.9. The third-order valence-electron chi connectivity index (χ3n) is 4.55. The molecule has 2 aromatic rings. The van der Waals surface area contributed by atoms with Gasteiger partial charge in [-0.25, -0.2) is 4.98 Å². The predicted octanol–water partition coefficient (Wildman–Crippen LogP) is 3.66. The van der Waals surface area contributed by atoms with Crippen LogP contribution in [0.4, 0.5) is 0 Å². The molecule has 1 aromatic carbocycles. The molecule has 1 heterocycles. The fourth-order valence-corrected chi connectivity index (χ4v) is 3.10. The van der Waals surface area contributed by atoms with Crippen LogP contribution in [0.3, 0.4) is 0 Å². The van der Waals surface area contributed by atoms with Gasteiger partial charge < -0.3 is 10.1 Å². The molecule has 0 saturated carbocycles. The monoisotopic (exact) mass is 345 g/mol. The lowest BCUT2D eigenvalue weighted by Crippen LogP contribution is -2.33. The third-order valence-corrected chi connectivity index (χ3v) is 4.55. The average molecular weight is 345 g/mol. The van der Waals surface area contributed by atoms with Crippen molar-refractivity contribution in [1.29, 1.82) is 0 Å². The van der Waals surface area contributed by atoms with Gasteiger partial charge in [0.1, 0.15) is 5.82 Å². The Morgan fingerprint density at radius 3 is 2.72 bits per heavy atom. The minimum Gasteiger partial charge on any atom is -0.383 e. The molecule has 0 amide bonds. The van der Waals surface area contributed by atoms with Crippen molar-refractivity contribution in [3.63, 3.8) is 0 Å². The van der Waals surface area contributed by atoms with Gasteiger partial charge >= 0.3 is 0 Å². The quantitative estimate of drug-likeness (QED) is 0.632. The molecular weight excluding hydrogens is 314 g/mol. The standard InChI is InChI=1S/C20H31N3O2/c1-4-6-7-10-13-21-17(5-2)19-22-18-12-9-8-11-16(18)20(24)23(19)14-15-25-3/h8-9,11-12,17,21H,4-7,10,13-15H2,1-3H3/t17-/m0/s1. The van der Waals surface area contributed by atoms with E-state index < -0.39 is 0 Å². The van der Waals surface area contributed by atoms with Gasteiger partial charge in [0.25, 0.3) is 5.56 Å². The molecule has 138 valence electrons. The first kappa shape index (κ1) is 19.6. The minimum absolute atomic E-state index is 0.0175. The van der Waals surface area contributed by atoms with E-state index in [0.717, 1.165) is 30.7 Å². The maximum Gasteiger partial charge on any atom is 0.261 e. The number of methoxy groups -OCH3 is 1. The van der Waals surface area contributed by atoms with Crippen molar-refractivity contribution in [2.24, 2.45) is 0 Å².